The maximum atomic E-state index is 12.0. The Balaban J connectivity index is 2.77. The van der Waals surface area contributed by atoms with Crippen LogP contribution in [0.2, 0.25) is 0 Å². The zero-order chi connectivity index (χ0) is 11.3. The van der Waals surface area contributed by atoms with Gasteiger partial charge in [-0.15, -0.1) is 13.2 Å². The molecule has 0 N–H and O–H groups in total. The van der Waals surface area contributed by atoms with Crippen molar-refractivity contribution in [3.8, 4) is 5.75 Å². The summed E-state index contributed by atoms with van der Waals surface area (Å²) in [7, 11) is 3.14. The van der Waals surface area contributed by atoms with Gasteiger partial charge >= 0.3 is 6.36 Å². The van der Waals surface area contributed by atoms with Crippen LogP contribution in [0.25, 0.3) is 0 Å². The van der Waals surface area contributed by atoms with E-state index in [1.165, 1.54) is 12.1 Å². The predicted octanol–water partition coefficient (Wildman–Crippen LogP) is 2.94. The number of ether oxygens (including phenoxy) is 2. The van der Waals surface area contributed by atoms with E-state index in [1.54, 1.807) is 12.1 Å². The number of rotatable bonds is 4. The molecule has 1 aromatic rings. The van der Waals surface area contributed by atoms with Crippen molar-refractivity contribution in [3.63, 3.8) is 0 Å². The molecule has 0 aliphatic carbocycles. The highest BCUT2D eigenvalue weighted by atomic mass is 19.4. The summed E-state index contributed by atoms with van der Waals surface area (Å²) in [5.41, 5.74) is 0.443. The zero-order valence-corrected chi connectivity index (χ0v) is 7.88. The minimum absolute atomic E-state index is 0.193. The molecule has 5 heteroatoms. The van der Waals surface area contributed by atoms with Gasteiger partial charge in [0.05, 0.1) is 13.7 Å². The van der Waals surface area contributed by atoms with Gasteiger partial charge in [0.1, 0.15) is 5.75 Å². The second kappa shape index (κ2) is 5.02. The summed E-state index contributed by atoms with van der Waals surface area (Å²) in [4.78, 5) is 0. The van der Waals surface area contributed by atoms with Crippen LogP contribution in [0, 0.1) is 7.11 Å². The van der Waals surface area contributed by atoms with E-state index in [-0.39, 0.29) is 12.4 Å². The molecule has 1 aromatic carbocycles. The molecule has 0 saturated heterocycles. The third-order valence-electron chi connectivity index (χ3n) is 1.71. The van der Waals surface area contributed by atoms with Crippen molar-refractivity contribution in [1.29, 1.82) is 0 Å². The van der Waals surface area contributed by atoms with Crippen LogP contribution in [0.3, 0.4) is 0 Å². The molecule has 0 unspecified atom stereocenters. The van der Waals surface area contributed by atoms with Crippen molar-refractivity contribution < 1.29 is 22.6 Å². The average molecular weight is 219 g/mol. The Morgan fingerprint density at radius 2 is 1.87 bits per heavy atom. The number of benzene rings is 1. The summed E-state index contributed by atoms with van der Waals surface area (Å²) in [6, 6.07) is 5.95. The molecule has 0 aromatic heterocycles. The Kier molecular flexibility index (Phi) is 3.96. The molecule has 2 nitrogen and oxygen atoms in total. The first-order chi connectivity index (χ1) is 7.03. The Morgan fingerprint density at radius 3 is 2.47 bits per heavy atom. The summed E-state index contributed by atoms with van der Waals surface area (Å²) in [6.45, 7) is 0.248. The number of para-hydroxylation sites is 1. The summed E-state index contributed by atoms with van der Waals surface area (Å²) in [5, 5.41) is 0. The molecule has 0 heterocycles. The number of hydrogen-bond donors (Lipinski definition) is 0. The molecule has 0 amide bonds. The Bertz CT molecular complexity index is 310. The average Bonchev–Trinajstić information content (AvgIpc) is 2.14. The van der Waals surface area contributed by atoms with E-state index in [4.69, 9.17) is 0 Å². The monoisotopic (exact) mass is 219 g/mol. The van der Waals surface area contributed by atoms with Crippen molar-refractivity contribution in [2.24, 2.45) is 0 Å². The first-order valence-corrected chi connectivity index (χ1v) is 4.23. The molecular weight excluding hydrogens is 209 g/mol. The molecule has 0 spiro atoms. The first-order valence-electron chi connectivity index (χ1n) is 4.23. The molecular formula is C10H10F3O2. The van der Waals surface area contributed by atoms with Crippen LogP contribution in [-0.2, 0) is 11.2 Å². The smallest absolute Gasteiger partial charge is 0.406 e. The minimum atomic E-state index is -4.67. The highest BCUT2D eigenvalue weighted by Crippen LogP contribution is 2.26. The standard InChI is InChI=1S/C10H10F3O2/c1-14-7-6-8-4-2-3-5-9(8)15-10(11,12)13/h2-5H,1,6-7H2. The fourth-order valence-corrected chi connectivity index (χ4v) is 1.12. The molecule has 1 rings (SSSR count). The van der Waals surface area contributed by atoms with Gasteiger partial charge in [-0.3, -0.25) is 0 Å². The molecule has 0 bridgehead atoms. The molecule has 83 valence electrons. The van der Waals surface area contributed by atoms with Gasteiger partial charge in [-0.05, 0) is 18.1 Å². The van der Waals surface area contributed by atoms with Crippen molar-refractivity contribution in [3.05, 3.63) is 36.9 Å². The second-order valence-electron chi connectivity index (χ2n) is 2.81. The van der Waals surface area contributed by atoms with E-state index in [2.05, 4.69) is 16.6 Å². The van der Waals surface area contributed by atoms with Crippen LogP contribution in [0.1, 0.15) is 5.56 Å². The lowest BCUT2D eigenvalue weighted by molar-refractivity contribution is -0.274. The fourth-order valence-electron chi connectivity index (χ4n) is 1.12. The van der Waals surface area contributed by atoms with Crippen LogP contribution in [0.5, 0.6) is 5.75 Å². The molecule has 0 aliphatic heterocycles. The highest BCUT2D eigenvalue weighted by Gasteiger charge is 2.31. The van der Waals surface area contributed by atoms with Gasteiger partial charge in [-0.25, -0.2) is 0 Å². The van der Waals surface area contributed by atoms with Crippen LogP contribution in [0.15, 0.2) is 24.3 Å². The van der Waals surface area contributed by atoms with Gasteiger partial charge in [0, 0.05) is 0 Å². The zero-order valence-electron chi connectivity index (χ0n) is 7.88. The predicted molar refractivity (Wildman–Crippen MR) is 48.1 cm³/mol. The lowest BCUT2D eigenvalue weighted by Crippen LogP contribution is -2.18. The third kappa shape index (κ3) is 4.20. The van der Waals surface area contributed by atoms with E-state index in [0.29, 0.717) is 12.0 Å². The Hall–Kier alpha value is -1.23. The topological polar surface area (TPSA) is 18.5 Å². The largest absolute Gasteiger partial charge is 0.573 e. The van der Waals surface area contributed by atoms with Gasteiger partial charge in [0.15, 0.2) is 0 Å². The second-order valence-corrected chi connectivity index (χ2v) is 2.81. The number of alkyl halides is 3. The SMILES string of the molecule is [CH2]OCCc1ccccc1OC(F)(F)F. The van der Waals surface area contributed by atoms with Crippen molar-refractivity contribution >= 4 is 0 Å². The van der Waals surface area contributed by atoms with E-state index in [0.717, 1.165) is 0 Å². The fraction of sp³-hybridized carbons (Fsp3) is 0.300. The molecule has 0 atom stereocenters. The van der Waals surface area contributed by atoms with Crippen molar-refractivity contribution in [2.75, 3.05) is 6.61 Å². The van der Waals surface area contributed by atoms with Crippen molar-refractivity contribution in [1.82, 2.24) is 0 Å². The lowest BCUT2D eigenvalue weighted by atomic mass is 10.1. The molecule has 0 fully saturated rings. The Labute approximate surface area is 85.6 Å². The van der Waals surface area contributed by atoms with Crippen LogP contribution in [-0.4, -0.2) is 13.0 Å². The normalized spacial score (nSPS) is 11.5. The summed E-state index contributed by atoms with van der Waals surface area (Å²) >= 11 is 0. The van der Waals surface area contributed by atoms with Crippen LogP contribution < -0.4 is 4.74 Å². The molecule has 1 radical (unpaired) electrons. The van der Waals surface area contributed by atoms with E-state index in [9.17, 15) is 13.2 Å². The van der Waals surface area contributed by atoms with E-state index < -0.39 is 6.36 Å². The number of halogens is 3. The summed E-state index contributed by atoms with van der Waals surface area (Å²) in [6.07, 6.45) is -4.34. The van der Waals surface area contributed by atoms with E-state index >= 15 is 0 Å². The van der Waals surface area contributed by atoms with Crippen LogP contribution in [0.4, 0.5) is 13.2 Å². The maximum Gasteiger partial charge on any atom is 0.573 e. The quantitative estimate of drug-likeness (QED) is 0.775. The van der Waals surface area contributed by atoms with Gasteiger partial charge < -0.3 is 9.47 Å². The minimum Gasteiger partial charge on any atom is -0.406 e. The highest BCUT2D eigenvalue weighted by molar-refractivity contribution is 5.33. The van der Waals surface area contributed by atoms with Crippen LogP contribution >= 0.6 is 0 Å². The van der Waals surface area contributed by atoms with Crippen molar-refractivity contribution in [2.45, 2.75) is 12.8 Å². The first kappa shape index (κ1) is 11.8. The number of hydrogen-bond acceptors (Lipinski definition) is 2. The van der Waals surface area contributed by atoms with E-state index in [1.807, 2.05) is 0 Å². The Morgan fingerprint density at radius 1 is 1.20 bits per heavy atom. The lowest BCUT2D eigenvalue weighted by Gasteiger charge is -2.12. The summed E-state index contributed by atoms with van der Waals surface area (Å²) < 4.78 is 44.3. The van der Waals surface area contributed by atoms with Gasteiger partial charge in [0.25, 0.3) is 0 Å². The van der Waals surface area contributed by atoms with Gasteiger partial charge in [-0.1, -0.05) is 18.2 Å². The molecule has 15 heavy (non-hydrogen) atoms. The molecule has 0 aliphatic rings. The van der Waals surface area contributed by atoms with Gasteiger partial charge in [0.2, 0.25) is 0 Å². The third-order valence-corrected chi connectivity index (χ3v) is 1.71. The maximum absolute atomic E-state index is 12.0. The summed E-state index contributed by atoms with van der Waals surface area (Å²) in [5.74, 6) is -0.193. The van der Waals surface area contributed by atoms with Gasteiger partial charge in [-0.2, -0.15) is 0 Å². The molecule has 0 saturated carbocycles.